The van der Waals surface area contributed by atoms with Gasteiger partial charge in [0.2, 0.25) is 5.91 Å². The van der Waals surface area contributed by atoms with Gasteiger partial charge in [-0.1, -0.05) is 0 Å². The van der Waals surface area contributed by atoms with Crippen LogP contribution in [0.1, 0.15) is 23.7 Å². The third-order valence-electron chi connectivity index (χ3n) is 3.66. The molecule has 2 aromatic carbocycles. The predicted molar refractivity (Wildman–Crippen MR) is 104 cm³/mol. The van der Waals surface area contributed by atoms with Gasteiger partial charge >= 0.3 is 0 Å². The van der Waals surface area contributed by atoms with Gasteiger partial charge in [0.15, 0.2) is 0 Å². The standard InChI is InChI=1S/C19H22N4O4/c1-12(21-22-19(27)16-9-8-15(24)11-17(16)25)10-18(26)20-13-4-6-14(7-5-13)23(2)3/h4-9,11,24-25H,10H2,1-3H3,(H,20,26)(H,22,27)/b21-12+. The van der Waals surface area contributed by atoms with E-state index in [1.165, 1.54) is 12.1 Å². The Morgan fingerprint density at radius 1 is 1.07 bits per heavy atom. The quantitative estimate of drug-likeness (QED) is 0.460. The summed E-state index contributed by atoms with van der Waals surface area (Å²) in [6.45, 7) is 1.60. The lowest BCUT2D eigenvalue weighted by molar-refractivity contribution is -0.115. The Kier molecular flexibility index (Phi) is 6.37. The Balaban J connectivity index is 1.90. The van der Waals surface area contributed by atoms with Crippen LogP contribution in [-0.2, 0) is 4.79 Å². The molecule has 27 heavy (non-hydrogen) atoms. The second-order valence-corrected chi connectivity index (χ2v) is 6.16. The minimum Gasteiger partial charge on any atom is -0.508 e. The molecule has 0 radical (unpaired) electrons. The van der Waals surface area contributed by atoms with Gasteiger partial charge in [-0.3, -0.25) is 9.59 Å². The number of carbonyl (C=O) groups is 2. The summed E-state index contributed by atoms with van der Waals surface area (Å²) in [5.41, 5.74) is 4.31. The first-order chi connectivity index (χ1) is 12.8. The first-order valence-corrected chi connectivity index (χ1v) is 8.19. The van der Waals surface area contributed by atoms with E-state index in [1.807, 2.05) is 31.1 Å². The number of phenols is 2. The lowest BCUT2D eigenvalue weighted by Crippen LogP contribution is -2.21. The molecular weight excluding hydrogens is 348 g/mol. The van der Waals surface area contributed by atoms with Crippen molar-refractivity contribution in [3.8, 4) is 11.5 Å². The van der Waals surface area contributed by atoms with Crippen molar-refractivity contribution in [1.82, 2.24) is 5.43 Å². The van der Waals surface area contributed by atoms with Crippen molar-refractivity contribution in [1.29, 1.82) is 0 Å². The van der Waals surface area contributed by atoms with Gasteiger partial charge in [0.05, 0.1) is 12.0 Å². The minimum atomic E-state index is -0.647. The van der Waals surface area contributed by atoms with Crippen molar-refractivity contribution < 1.29 is 19.8 Å². The number of hydrogen-bond acceptors (Lipinski definition) is 6. The van der Waals surface area contributed by atoms with Gasteiger partial charge in [-0.15, -0.1) is 0 Å². The molecule has 0 saturated carbocycles. The van der Waals surface area contributed by atoms with E-state index in [0.29, 0.717) is 11.4 Å². The van der Waals surface area contributed by atoms with Crippen molar-refractivity contribution in [2.45, 2.75) is 13.3 Å². The summed E-state index contributed by atoms with van der Waals surface area (Å²) in [7, 11) is 3.86. The van der Waals surface area contributed by atoms with E-state index in [9.17, 15) is 19.8 Å². The van der Waals surface area contributed by atoms with E-state index in [1.54, 1.807) is 19.1 Å². The van der Waals surface area contributed by atoms with Gasteiger partial charge in [0, 0.05) is 37.2 Å². The van der Waals surface area contributed by atoms with Crippen LogP contribution in [-0.4, -0.2) is 41.8 Å². The molecule has 142 valence electrons. The maximum Gasteiger partial charge on any atom is 0.275 e. The average molecular weight is 370 g/mol. The number of benzene rings is 2. The number of nitrogens with zero attached hydrogens (tertiary/aromatic N) is 2. The second kappa shape index (κ2) is 8.70. The second-order valence-electron chi connectivity index (χ2n) is 6.16. The predicted octanol–water partition coefficient (Wildman–Crippen LogP) is 2.30. The molecule has 0 saturated heterocycles. The molecule has 8 heteroatoms. The highest BCUT2D eigenvalue weighted by Gasteiger charge is 2.11. The van der Waals surface area contributed by atoms with Gasteiger partial charge in [-0.05, 0) is 43.3 Å². The number of nitrogens with one attached hydrogen (secondary N) is 2. The number of hydrogen-bond donors (Lipinski definition) is 4. The minimum absolute atomic E-state index is 0.00271. The topological polar surface area (TPSA) is 114 Å². The number of rotatable bonds is 6. The van der Waals surface area contributed by atoms with Crippen LogP contribution in [0.15, 0.2) is 47.6 Å². The molecule has 0 bridgehead atoms. The fourth-order valence-corrected chi connectivity index (χ4v) is 2.24. The smallest absolute Gasteiger partial charge is 0.275 e. The number of aromatic hydroxyl groups is 2. The van der Waals surface area contributed by atoms with Crippen LogP contribution in [0.4, 0.5) is 11.4 Å². The number of phenolic OH excluding ortho intramolecular Hbond substituents is 2. The van der Waals surface area contributed by atoms with Crippen LogP contribution in [0.3, 0.4) is 0 Å². The SMILES string of the molecule is C/C(CC(=O)Nc1ccc(N(C)C)cc1)=N\NC(=O)c1ccc(O)cc1O. The molecular formula is C19H22N4O4. The molecule has 2 amide bonds. The van der Waals surface area contributed by atoms with E-state index in [4.69, 9.17) is 0 Å². The van der Waals surface area contributed by atoms with Gasteiger partial charge in [0.25, 0.3) is 5.91 Å². The molecule has 4 N–H and O–H groups in total. The lowest BCUT2D eigenvalue weighted by Gasteiger charge is -2.13. The van der Waals surface area contributed by atoms with Crippen molar-refractivity contribution in [2.75, 3.05) is 24.3 Å². The summed E-state index contributed by atoms with van der Waals surface area (Å²) in [6.07, 6.45) is -0.00271. The molecule has 2 aromatic rings. The molecule has 2 rings (SSSR count). The van der Waals surface area contributed by atoms with Crippen LogP contribution in [0.5, 0.6) is 11.5 Å². The monoisotopic (exact) mass is 370 g/mol. The molecule has 0 aliphatic carbocycles. The molecule has 0 heterocycles. The fraction of sp³-hybridized carbons (Fsp3) is 0.211. The Labute approximate surface area is 157 Å². The number of hydrazone groups is 1. The maximum atomic E-state index is 12.1. The maximum absolute atomic E-state index is 12.1. The normalized spacial score (nSPS) is 11.0. The molecule has 0 unspecified atom stereocenters. The van der Waals surface area contributed by atoms with Gasteiger partial charge in [-0.2, -0.15) is 5.10 Å². The van der Waals surface area contributed by atoms with E-state index in [2.05, 4.69) is 15.8 Å². The van der Waals surface area contributed by atoms with Gasteiger partial charge in [0.1, 0.15) is 11.5 Å². The largest absolute Gasteiger partial charge is 0.508 e. The third-order valence-corrected chi connectivity index (χ3v) is 3.66. The van der Waals surface area contributed by atoms with Crippen LogP contribution in [0.2, 0.25) is 0 Å². The lowest BCUT2D eigenvalue weighted by atomic mass is 10.2. The van der Waals surface area contributed by atoms with Crippen LogP contribution in [0, 0.1) is 0 Å². The Morgan fingerprint density at radius 2 is 1.74 bits per heavy atom. The van der Waals surface area contributed by atoms with E-state index in [0.717, 1.165) is 11.8 Å². The third kappa shape index (κ3) is 5.74. The van der Waals surface area contributed by atoms with Crippen LogP contribution < -0.4 is 15.6 Å². The Hall–Kier alpha value is -3.55. The molecule has 8 nitrogen and oxygen atoms in total. The molecule has 0 spiro atoms. The van der Waals surface area contributed by atoms with Crippen molar-refractivity contribution in [2.24, 2.45) is 5.10 Å². The van der Waals surface area contributed by atoms with Gasteiger partial charge < -0.3 is 20.4 Å². The molecule has 0 aromatic heterocycles. The average Bonchev–Trinajstić information content (AvgIpc) is 2.60. The molecule has 0 atom stereocenters. The van der Waals surface area contributed by atoms with Crippen molar-refractivity contribution in [3.05, 3.63) is 48.0 Å². The summed E-state index contributed by atoms with van der Waals surface area (Å²) in [5.74, 6) is -1.43. The first kappa shape index (κ1) is 19.8. The number of amides is 2. The van der Waals surface area contributed by atoms with Crippen LogP contribution in [0.25, 0.3) is 0 Å². The van der Waals surface area contributed by atoms with E-state index >= 15 is 0 Å². The summed E-state index contributed by atoms with van der Waals surface area (Å²) in [5, 5.41) is 25.5. The van der Waals surface area contributed by atoms with E-state index in [-0.39, 0.29) is 29.4 Å². The zero-order valence-corrected chi connectivity index (χ0v) is 15.4. The Bertz CT molecular complexity index is 861. The summed E-state index contributed by atoms with van der Waals surface area (Å²) < 4.78 is 0. The highest BCUT2D eigenvalue weighted by Crippen LogP contribution is 2.22. The summed E-state index contributed by atoms with van der Waals surface area (Å²) >= 11 is 0. The zero-order chi connectivity index (χ0) is 20.0. The summed E-state index contributed by atoms with van der Waals surface area (Å²) in [4.78, 5) is 26.0. The Morgan fingerprint density at radius 3 is 2.33 bits per heavy atom. The fourth-order valence-electron chi connectivity index (χ4n) is 2.24. The molecule has 0 fully saturated rings. The molecule has 0 aliphatic rings. The van der Waals surface area contributed by atoms with Crippen LogP contribution >= 0.6 is 0 Å². The molecule has 0 aliphatic heterocycles. The first-order valence-electron chi connectivity index (χ1n) is 8.19. The number of anilines is 2. The highest BCUT2D eigenvalue weighted by atomic mass is 16.3. The van der Waals surface area contributed by atoms with Gasteiger partial charge in [-0.25, -0.2) is 5.43 Å². The van der Waals surface area contributed by atoms with Crippen molar-refractivity contribution >= 4 is 28.9 Å². The van der Waals surface area contributed by atoms with Crippen molar-refractivity contribution in [3.63, 3.8) is 0 Å². The summed E-state index contributed by atoms with van der Waals surface area (Å²) in [6, 6.07) is 11.0. The zero-order valence-electron chi connectivity index (χ0n) is 15.4. The highest BCUT2D eigenvalue weighted by molar-refractivity contribution is 6.06. The van der Waals surface area contributed by atoms with E-state index < -0.39 is 5.91 Å². The number of carbonyl (C=O) groups excluding carboxylic acids is 2.